The van der Waals surface area contributed by atoms with Gasteiger partial charge in [0.15, 0.2) is 5.00 Å². The Balaban J connectivity index is 1.53. The Kier molecular flexibility index (Phi) is 6.43. The van der Waals surface area contributed by atoms with Gasteiger partial charge >= 0.3 is 0 Å². The van der Waals surface area contributed by atoms with E-state index in [0.717, 1.165) is 17.2 Å². The van der Waals surface area contributed by atoms with Gasteiger partial charge in [0, 0.05) is 36.3 Å². The smallest absolute Gasteiger partial charge is 0.270 e. The van der Waals surface area contributed by atoms with E-state index in [1.54, 1.807) is 6.07 Å². The number of nitrogens with zero attached hydrogens (tertiary/aromatic N) is 6. The van der Waals surface area contributed by atoms with Gasteiger partial charge in [0.25, 0.3) is 5.69 Å². The van der Waals surface area contributed by atoms with Crippen LogP contribution in [0.2, 0.25) is 0 Å². The molecule has 0 amide bonds. The quantitative estimate of drug-likeness (QED) is 0.175. The molecule has 0 aliphatic rings. The number of benzene rings is 3. The van der Waals surface area contributed by atoms with Crippen molar-refractivity contribution in [1.29, 1.82) is 5.26 Å². The second-order valence-electron chi connectivity index (χ2n) is 6.98. The molecule has 0 spiro atoms. The number of nitriles is 1. The largest absolute Gasteiger partial charge is 0.366 e. The first-order chi connectivity index (χ1) is 15.6. The summed E-state index contributed by atoms with van der Waals surface area (Å²) in [6.45, 7) is 1.33. The zero-order chi connectivity index (χ0) is 22.3. The number of non-ortho nitro benzene ring substituents is 1. The molecule has 0 N–H and O–H groups in total. The van der Waals surface area contributed by atoms with Crippen LogP contribution in [-0.4, -0.2) is 15.8 Å². The fraction of sp³-hybridized carbons (Fsp3) is 0.130. The zero-order valence-corrected chi connectivity index (χ0v) is 17.8. The summed E-state index contributed by atoms with van der Waals surface area (Å²) in [5.41, 5.74) is 3.45. The maximum atomic E-state index is 11.0. The van der Waals surface area contributed by atoms with Crippen LogP contribution in [0.15, 0.2) is 83.0 Å². The molecule has 0 saturated heterocycles. The molecule has 4 aromatic rings. The summed E-state index contributed by atoms with van der Waals surface area (Å²) in [6, 6.07) is 24.4. The highest BCUT2D eigenvalue weighted by atomic mass is 32.1. The van der Waals surface area contributed by atoms with Crippen LogP contribution < -0.4 is 4.90 Å². The van der Waals surface area contributed by atoms with Crippen molar-refractivity contribution in [3.8, 4) is 6.07 Å². The third-order valence-corrected chi connectivity index (χ3v) is 5.60. The number of nitro groups is 1. The monoisotopic (exact) mass is 442 g/mol. The highest BCUT2D eigenvalue weighted by Crippen LogP contribution is 2.34. The molecular formula is C23H18N6O2S. The molecule has 9 heteroatoms. The molecule has 0 fully saturated rings. The van der Waals surface area contributed by atoms with Crippen molar-refractivity contribution in [3.05, 3.63) is 88.5 Å². The summed E-state index contributed by atoms with van der Waals surface area (Å²) in [5, 5.41) is 29.7. The molecule has 8 nitrogen and oxygen atoms in total. The Morgan fingerprint density at radius 3 is 2.56 bits per heavy atom. The van der Waals surface area contributed by atoms with Crippen molar-refractivity contribution >= 4 is 44.5 Å². The number of azo groups is 1. The van der Waals surface area contributed by atoms with E-state index in [9.17, 15) is 10.1 Å². The number of aromatic nitrogens is 1. The molecule has 0 aliphatic carbocycles. The van der Waals surface area contributed by atoms with Gasteiger partial charge in [-0.25, -0.2) is 0 Å². The summed E-state index contributed by atoms with van der Waals surface area (Å²) < 4.78 is 4.27. The summed E-state index contributed by atoms with van der Waals surface area (Å²) in [6.07, 6.45) is 0.429. The van der Waals surface area contributed by atoms with Crippen LogP contribution in [0.1, 0.15) is 12.0 Å². The first-order valence-electron chi connectivity index (χ1n) is 9.85. The van der Waals surface area contributed by atoms with Gasteiger partial charge in [0.2, 0.25) is 0 Å². The Hall–Kier alpha value is -4.16. The van der Waals surface area contributed by atoms with Gasteiger partial charge in [-0.1, -0.05) is 30.3 Å². The third kappa shape index (κ3) is 4.94. The maximum Gasteiger partial charge on any atom is 0.270 e. The summed E-state index contributed by atoms with van der Waals surface area (Å²) in [7, 11) is 0. The SMILES string of the molecule is N#CCCN(Cc1ccccc1)c1ccc(N=Nc2snc3ccc([N+](=O)[O-])cc23)cc1. The Bertz CT molecular complexity index is 1300. The summed E-state index contributed by atoms with van der Waals surface area (Å²) >= 11 is 1.15. The van der Waals surface area contributed by atoms with Crippen LogP contribution in [0.5, 0.6) is 0 Å². The highest BCUT2D eigenvalue weighted by molar-refractivity contribution is 7.11. The topological polar surface area (TPSA) is 108 Å². The number of rotatable bonds is 8. The molecule has 1 heterocycles. The van der Waals surface area contributed by atoms with E-state index < -0.39 is 4.92 Å². The predicted octanol–water partition coefficient (Wildman–Crippen LogP) is 6.54. The van der Waals surface area contributed by atoms with Crippen LogP contribution >= 0.6 is 11.5 Å². The fourth-order valence-electron chi connectivity index (χ4n) is 3.22. The lowest BCUT2D eigenvalue weighted by atomic mass is 10.2. The zero-order valence-electron chi connectivity index (χ0n) is 17.0. The minimum atomic E-state index is -0.440. The van der Waals surface area contributed by atoms with Gasteiger partial charge in [-0.2, -0.15) is 9.64 Å². The normalized spacial score (nSPS) is 11.0. The van der Waals surface area contributed by atoms with Crippen molar-refractivity contribution in [2.45, 2.75) is 13.0 Å². The maximum absolute atomic E-state index is 11.0. The van der Waals surface area contributed by atoms with E-state index in [1.807, 2.05) is 42.5 Å². The van der Waals surface area contributed by atoms with E-state index in [2.05, 4.69) is 37.7 Å². The Morgan fingerprint density at radius 1 is 1.06 bits per heavy atom. The lowest BCUT2D eigenvalue weighted by Crippen LogP contribution is -2.23. The predicted molar refractivity (Wildman–Crippen MR) is 125 cm³/mol. The molecule has 158 valence electrons. The van der Waals surface area contributed by atoms with Gasteiger partial charge < -0.3 is 4.90 Å². The van der Waals surface area contributed by atoms with Crippen LogP contribution in [0.4, 0.5) is 22.1 Å². The molecular weight excluding hydrogens is 424 g/mol. The van der Waals surface area contributed by atoms with Gasteiger partial charge in [-0.15, -0.1) is 10.2 Å². The molecule has 1 aromatic heterocycles. The molecule has 0 radical (unpaired) electrons. The molecule has 0 unspecified atom stereocenters. The van der Waals surface area contributed by atoms with Crippen molar-refractivity contribution in [1.82, 2.24) is 4.37 Å². The molecule has 0 atom stereocenters. The van der Waals surface area contributed by atoms with Crippen molar-refractivity contribution < 1.29 is 4.92 Å². The summed E-state index contributed by atoms with van der Waals surface area (Å²) in [4.78, 5) is 12.7. The van der Waals surface area contributed by atoms with Crippen LogP contribution in [0.25, 0.3) is 10.9 Å². The highest BCUT2D eigenvalue weighted by Gasteiger charge is 2.12. The number of fused-ring (bicyclic) bond motifs is 1. The van der Waals surface area contributed by atoms with Crippen molar-refractivity contribution in [3.63, 3.8) is 0 Å². The number of hydrogen-bond donors (Lipinski definition) is 0. The second kappa shape index (κ2) is 9.76. The number of hydrogen-bond acceptors (Lipinski definition) is 8. The van der Waals surface area contributed by atoms with Gasteiger partial charge in [-0.3, -0.25) is 10.1 Å². The first kappa shape index (κ1) is 21.1. The van der Waals surface area contributed by atoms with E-state index in [-0.39, 0.29) is 5.69 Å². The molecule has 32 heavy (non-hydrogen) atoms. The number of anilines is 1. The van der Waals surface area contributed by atoms with Gasteiger partial charge in [0.05, 0.1) is 28.6 Å². The van der Waals surface area contributed by atoms with Crippen LogP contribution in [0.3, 0.4) is 0 Å². The van der Waals surface area contributed by atoms with E-state index in [0.29, 0.717) is 41.1 Å². The number of nitro benzene ring substituents is 1. The lowest BCUT2D eigenvalue weighted by Gasteiger charge is -2.24. The first-order valence-corrected chi connectivity index (χ1v) is 10.6. The Morgan fingerprint density at radius 2 is 1.84 bits per heavy atom. The molecule has 3 aromatic carbocycles. The van der Waals surface area contributed by atoms with Crippen LogP contribution in [-0.2, 0) is 6.54 Å². The Labute approximate surface area is 188 Å². The van der Waals surface area contributed by atoms with Crippen LogP contribution in [0, 0.1) is 21.4 Å². The lowest BCUT2D eigenvalue weighted by molar-refractivity contribution is -0.384. The molecule has 0 aliphatic heterocycles. The summed E-state index contributed by atoms with van der Waals surface area (Å²) in [5.74, 6) is 0. The average Bonchev–Trinajstić information content (AvgIpc) is 3.23. The minimum absolute atomic E-state index is 0.00520. The third-order valence-electron chi connectivity index (χ3n) is 4.83. The standard InChI is InChI=1S/C23H18N6O2S/c24-13-4-14-28(16-17-5-2-1-3-6-17)19-9-7-18(8-10-19)25-26-23-21-15-20(29(30)31)11-12-22(21)27-32-23/h1-3,5-12,15H,4,14,16H2. The molecule has 0 bridgehead atoms. The average molecular weight is 443 g/mol. The van der Waals surface area contributed by atoms with Gasteiger partial charge in [0.1, 0.15) is 0 Å². The van der Waals surface area contributed by atoms with E-state index in [4.69, 9.17) is 5.26 Å². The fourth-order valence-corrected chi connectivity index (χ4v) is 3.91. The van der Waals surface area contributed by atoms with Crippen molar-refractivity contribution in [2.24, 2.45) is 10.2 Å². The van der Waals surface area contributed by atoms with E-state index in [1.165, 1.54) is 17.7 Å². The van der Waals surface area contributed by atoms with E-state index >= 15 is 0 Å². The minimum Gasteiger partial charge on any atom is -0.366 e. The van der Waals surface area contributed by atoms with Gasteiger partial charge in [-0.05, 0) is 47.4 Å². The van der Waals surface area contributed by atoms with Crippen molar-refractivity contribution in [2.75, 3.05) is 11.4 Å². The molecule has 0 saturated carbocycles. The second-order valence-corrected chi connectivity index (χ2v) is 7.73. The molecule has 4 rings (SSSR count).